The number of anilines is 1. The third kappa shape index (κ3) is 5.14. The number of hydrogen-bond acceptors (Lipinski definition) is 6. The number of ether oxygens (including phenoxy) is 1. The number of carbonyl (C=O) groups is 2. The Morgan fingerprint density at radius 3 is 2.37 bits per heavy atom. The van der Waals surface area contributed by atoms with Crippen LogP contribution < -0.4 is 17.0 Å². The average molecular weight is 413 g/mol. The molecule has 0 amide bonds. The molecule has 1 aromatic carbocycles. The van der Waals surface area contributed by atoms with E-state index in [-0.39, 0.29) is 17.9 Å². The molecule has 0 radical (unpaired) electrons. The van der Waals surface area contributed by atoms with Crippen molar-refractivity contribution in [3.8, 4) is 0 Å². The minimum atomic E-state index is -0.813. The maximum atomic E-state index is 12.5. The first kappa shape index (κ1) is 22.9. The van der Waals surface area contributed by atoms with Gasteiger partial charge in [-0.25, -0.2) is 9.59 Å². The summed E-state index contributed by atoms with van der Waals surface area (Å²) >= 11 is 0. The van der Waals surface area contributed by atoms with E-state index >= 15 is 0 Å². The Morgan fingerprint density at radius 1 is 1.17 bits per heavy atom. The number of nitrogens with zero attached hydrogens (tertiary/aromatic N) is 2. The second-order valence-electron chi connectivity index (χ2n) is 7.24. The number of nitrogens with two attached hydrogens (primary N) is 1. The lowest BCUT2D eigenvalue weighted by molar-refractivity contribution is -0.136. The van der Waals surface area contributed by atoms with Gasteiger partial charge in [-0.05, 0) is 29.5 Å². The van der Waals surface area contributed by atoms with E-state index < -0.39 is 29.6 Å². The largest absolute Gasteiger partial charge is 0.454 e. The van der Waals surface area contributed by atoms with Gasteiger partial charge in [0, 0.05) is 19.7 Å². The molecule has 0 atom stereocenters. The molecule has 1 heterocycles. The zero-order valence-electron chi connectivity index (χ0n) is 17.7. The third-order valence-electron chi connectivity index (χ3n) is 4.67. The van der Waals surface area contributed by atoms with E-state index in [9.17, 15) is 19.2 Å². The highest BCUT2D eigenvalue weighted by atomic mass is 16.5. The number of esters is 1. The van der Waals surface area contributed by atoms with Crippen LogP contribution in [0, 0.1) is 0 Å². The lowest BCUT2D eigenvalue weighted by Gasteiger charge is -2.13. The van der Waals surface area contributed by atoms with Crippen LogP contribution in [0.2, 0.25) is 0 Å². The molecule has 30 heavy (non-hydrogen) atoms. The van der Waals surface area contributed by atoms with Gasteiger partial charge < -0.3 is 10.5 Å². The maximum Gasteiger partial charge on any atom is 0.332 e. The Balaban J connectivity index is 2.11. The Morgan fingerprint density at radius 2 is 1.80 bits per heavy atom. The van der Waals surface area contributed by atoms with Crippen molar-refractivity contribution in [3.63, 3.8) is 0 Å². The van der Waals surface area contributed by atoms with Gasteiger partial charge in [-0.2, -0.15) is 0 Å². The predicted molar refractivity (Wildman–Crippen MR) is 116 cm³/mol. The topological polar surface area (TPSA) is 113 Å². The lowest BCUT2D eigenvalue weighted by Crippen LogP contribution is -2.43. The van der Waals surface area contributed by atoms with Crippen LogP contribution in [0.25, 0.3) is 6.08 Å². The number of benzene rings is 1. The minimum absolute atomic E-state index is 0.216. The molecule has 0 spiro atoms. The van der Waals surface area contributed by atoms with Gasteiger partial charge >= 0.3 is 11.7 Å². The number of ketones is 1. The van der Waals surface area contributed by atoms with Crippen LogP contribution in [0.4, 0.5) is 5.82 Å². The molecule has 8 heteroatoms. The van der Waals surface area contributed by atoms with Crippen molar-refractivity contribution in [2.75, 3.05) is 12.3 Å². The number of aromatic nitrogens is 2. The fourth-order valence-corrected chi connectivity index (χ4v) is 2.90. The molecule has 0 aliphatic rings. The summed E-state index contributed by atoms with van der Waals surface area (Å²) in [6.45, 7) is 5.63. The number of rotatable bonds is 8. The van der Waals surface area contributed by atoms with Crippen LogP contribution in [0.5, 0.6) is 0 Å². The SMILES string of the molecule is CCCn1c(N)c(C(=O)COC(=O)C=Cc2ccc(C(C)C)cc2)c(=O)n(C)c1=O. The Labute approximate surface area is 174 Å². The van der Waals surface area contributed by atoms with Crippen molar-refractivity contribution in [1.82, 2.24) is 9.13 Å². The first-order valence-corrected chi connectivity index (χ1v) is 9.74. The van der Waals surface area contributed by atoms with Crippen LogP contribution in [0.3, 0.4) is 0 Å². The van der Waals surface area contributed by atoms with Crippen molar-refractivity contribution in [2.24, 2.45) is 7.05 Å². The molecular formula is C22H27N3O5. The van der Waals surface area contributed by atoms with Crippen molar-refractivity contribution >= 4 is 23.6 Å². The molecule has 1 aromatic heterocycles. The zero-order valence-corrected chi connectivity index (χ0v) is 17.7. The first-order valence-electron chi connectivity index (χ1n) is 9.74. The number of carbonyl (C=O) groups excluding carboxylic acids is 2. The number of hydrogen-bond donors (Lipinski definition) is 1. The predicted octanol–water partition coefficient (Wildman–Crippen LogP) is 2.10. The highest BCUT2D eigenvalue weighted by Crippen LogP contribution is 2.15. The summed E-state index contributed by atoms with van der Waals surface area (Å²) < 4.78 is 6.94. The van der Waals surface area contributed by atoms with Crippen LogP contribution in [0.15, 0.2) is 39.9 Å². The quantitative estimate of drug-likeness (QED) is 0.403. The summed E-state index contributed by atoms with van der Waals surface area (Å²) in [5.74, 6) is -1.30. The molecule has 0 saturated carbocycles. The first-order chi connectivity index (χ1) is 14.2. The standard InChI is InChI=1S/C22H27N3O5/c1-5-12-25-20(23)19(21(28)24(4)22(25)29)17(26)13-30-18(27)11-8-15-6-9-16(10-7-15)14(2)3/h6-11,14H,5,12-13,23H2,1-4H3. The van der Waals surface area contributed by atoms with E-state index in [0.717, 1.165) is 14.7 Å². The highest BCUT2D eigenvalue weighted by Gasteiger charge is 2.22. The minimum Gasteiger partial charge on any atom is -0.454 e. The van der Waals surface area contributed by atoms with E-state index in [4.69, 9.17) is 10.5 Å². The average Bonchev–Trinajstić information content (AvgIpc) is 2.72. The molecule has 0 saturated heterocycles. The van der Waals surface area contributed by atoms with E-state index in [0.29, 0.717) is 12.3 Å². The van der Waals surface area contributed by atoms with E-state index in [1.54, 1.807) is 6.08 Å². The van der Waals surface area contributed by atoms with Gasteiger partial charge in [-0.15, -0.1) is 0 Å². The monoisotopic (exact) mass is 413 g/mol. The van der Waals surface area contributed by atoms with Crippen molar-refractivity contribution in [1.29, 1.82) is 0 Å². The van der Waals surface area contributed by atoms with Gasteiger partial charge in [0.15, 0.2) is 6.61 Å². The summed E-state index contributed by atoms with van der Waals surface area (Å²) in [4.78, 5) is 48.9. The van der Waals surface area contributed by atoms with Crippen LogP contribution in [0.1, 0.15) is 54.6 Å². The van der Waals surface area contributed by atoms with Crippen molar-refractivity contribution < 1.29 is 14.3 Å². The molecule has 0 aliphatic heterocycles. The molecule has 8 nitrogen and oxygen atoms in total. The van der Waals surface area contributed by atoms with Gasteiger partial charge in [-0.3, -0.25) is 18.7 Å². The zero-order chi connectivity index (χ0) is 22.4. The molecular weight excluding hydrogens is 386 g/mol. The fourth-order valence-electron chi connectivity index (χ4n) is 2.90. The van der Waals surface area contributed by atoms with Gasteiger partial charge in [0.25, 0.3) is 5.56 Å². The molecule has 2 rings (SSSR count). The summed E-state index contributed by atoms with van der Waals surface area (Å²) in [7, 11) is 1.27. The van der Waals surface area contributed by atoms with Gasteiger partial charge in [-0.1, -0.05) is 45.0 Å². The van der Waals surface area contributed by atoms with Crippen LogP contribution >= 0.6 is 0 Å². The molecule has 0 aliphatic carbocycles. The molecule has 160 valence electrons. The Hall–Kier alpha value is -3.42. The molecule has 0 bridgehead atoms. The van der Waals surface area contributed by atoms with Crippen LogP contribution in [-0.4, -0.2) is 27.5 Å². The highest BCUT2D eigenvalue weighted by molar-refractivity contribution is 6.01. The second-order valence-corrected chi connectivity index (χ2v) is 7.24. The third-order valence-corrected chi connectivity index (χ3v) is 4.67. The number of Topliss-reactive ketones (excluding diaryl/α,β-unsaturated/α-hetero) is 1. The molecule has 0 fully saturated rings. The smallest absolute Gasteiger partial charge is 0.332 e. The summed E-state index contributed by atoms with van der Waals surface area (Å²) in [5, 5.41) is 0. The maximum absolute atomic E-state index is 12.5. The van der Waals surface area contributed by atoms with Crippen molar-refractivity contribution in [3.05, 3.63) is 67.9 Å². The fraction of sp³-hybridized carbons (Fsp3) is 0.364. The van der Waals surface area contributed by atoms with E-state index in [2.05, 4.69) is 13.8 Å². The summed E-state index contributed by atoms with van der Waals surface area (Å²) in [5.41, 5.74) is 6.12. The molecule has 0 unspecified atom stereocenters. The second kappa shape index (κ2) is 9.87. The number of nitrogen functional groups attached to an aromatic ring is 1. The summed E-state index contributed by atoms with van der Waals surface area (Å²) in [6, 6.07) is 7.71. The van der Waals surface area contributed by atoms with Gasteiger partial charge in [0.05, 0.1) is 0 Å². The van der Waals surface area contributed by atoms with Crippen molar-refractivity contribution in [2.45, 2.75) is 39.7 Å². The van der Waals surface area contributed by atoms with Crippen LogP contribution in [-0.2, 0) is 23.1 Å². The van der Waals surface area contributed by atoms with Gasteiger partial charge in [0.1, 0.15) is 11.4 Å². The van der Waals surface area contributed by atoms with E-state index in [1.807, 2.05) is 31.2 Å². The van der Waals surface area contributed by atoms with E-state index in [1.165, 1.54) is 18.7 Å². The Kier molecular flexibility index (Phi) is 7.52. The van der Waals surface area contributed by atoms with Gasteiger partial charge in [0.2, 0.25) is 5.78 Å². The Bertz CT molecular complexity index is 1080. The molecule has 2 aromatic rings. The molecule has 2 N–H and O–H groups in total. The summed E-state index contributed by atoms with van der Waals surface area (Å²) in [6.07, 6.45) is 3.37. The lowest BCUT2D eigenvalue weighted by atomic mass is 10.0. The normalized spacial score (nSPS) is 11.2.